The summed E-state index contributed by atoms with van der Waals surface area (Å²) in [7, 11) is 0. The molecule has 2 aromatic rings. The molecule has 0 aliphatic heterocycles. The quantitative estimate of drug-likeness (QED) is 0.907. The number of carbonyl (C=O) groups excluding carboxylic acids is 1. The fraction of sp³-hybridized carbons (Fsp3) is 0.429. The maximum Gasteiger partial charge on any atom is 0.315 e. The van der Waals surface area contributed by atoms with Gasteiger partial charge in [-0.05, 0) is 44.7 Å². The van der Waals surface area contributed by atoms with Crippen molar-refractivity contribution in [2.24, 2.45) is 0 Å². The fourth-order valence-electron chi connectivity index (χ4n) is 1.77. The van der Waals surface area contributed by atoms with E-state index < -0.39 is 5.54 Å². The van der Waals surface area contributed by atoms with Gasteiger partial charge in [-0.3, -0.25) is 0 Å². The van der Waals surface area contributed by atoms with Crippen LogP contribution >= 0.6 is 22.7 Å². The Hall–Kier alpha value is -1.40. The number of hydrogen-bond donors (Lipinski definition) is 2. The normalized spacial score (nSPS) is 11.4. The van der Waals surface area contributed by atoms with E-state index in [0.29, 0.717) is 6.54 Å². The lowest BCUT2D eigenvalue weighted by molar-refractivity contribution is 0.229. The van der Waals surface area contributed by atoms with Crippen LogP contribution in [-0.4, -0.2) is 11.0 Å². The summed E-state index contributed by atoms with van der Waals surface area (Å²) >= 11 is 3.26. The molecule has 0 aromatic carbocycles. The maximum atomic E-state index is 12.0. The lowest BCUT2D eigenvalue weighted by atomic mass is 10.1. The van der Waals surface area contributed by atoms with Crippen LogP contribution in [0.1, 0.15) is 34.2 Å². The Bertz CT molecular complexity index is 601. The van der Waals surface area contributed by atoms with Crippen LogP contribution in [0.3, 0.4) is 0 Å². The third-order valence-corrected chi connectivity index (χ3v) is 5.22. The van der Waals surface area contributed by atoms with Gasteiger partial charge < -0.3 is 10.6 Å². The molecule has 108 valence electrons. The first kappa shape index (κ1) is 15.0. The molecule has 0 fully saturated rings. The summed E-state index contributed by atoms with van der Waals surface area (Å²) in [5.74, 6) is 0. The molecule has 0 atom stereocenters. The number of aromatic nitrogens is 1. The number of amides is 2. The molecule has 2 heterocycles. The molecule has 2 N–H and O–H groups in total. The molecule has 0 bridgehead atoms. The summed E-state index contributed by atoms with van der Waals surface area (Å²) in [5, 5.41) is 8.81. The minimum absolute atomic E-state index is 0.171. The Balaban J connectivity index is 1.92. The van der Waals surface area contributed by atoms with Crippen molar-refractivity contribution in [2.45, 2.75) is 39.8 Å². The lowest BCUT2D eigenvalue weighted by Crippen LogP contribution is -2.46. The minimum Gasteiger partial charge on any atom is -0.333 e. The van der Waals surface area contributed by atoms with E-state index in [9.17, 15) is 4.79 Å². The molecule has 0 spiro atoms. The van der Waals surface area contributed by atoms with Gasteiger partial charge in [-0.2, -0.15) is 0 Å². The van der Waals surface area contributed by atoms with Gasteiger partial charge in [-0.1, -0.05) is 0 Å². The Morgan fingerprint density at radius 1 is 1.40 bits per heavy atom. The zero-order valence-corrected chi connectivity index (χ0v) is 13.7. The molecule has 2 rings (SSSR count). The first-order chi connectivity index (χ1) is 9.38. The molecule has 20 heavy (non-hydrogen) atoms. The van der Waals surface area contributed by atoms with Gasteiger partial charge in [0.25, 0.3) is 0 Å². The van der Waals surface area contributed by atoms with Crippen LogP contribution in [0.2, 0.25) is 0 Å². The van der Waals surface area contributed by atoms with Crippen molar-refractivity contribution < 1.29 is 4.79 Å². The van der Waals surface area contributed by atoms with E-state index in [1.54, 1.807) is 22.7 Å². The van der Waals surface area contributed by atoms with Crippen LogP contribution in [0, 0.1) is 13.8 Å². The summed E-state index contributed by atoms with van der Waals surface area (Å²) in [6, 6.07) is 1.89. The number of thiazole rings is 1. The molecule has 0 radical (unpaired) electrons. The number of rotatable bonds is 4. The number of thiophene rings is 1. The van der Waals surface area contributed by atoms with E-state index in [2.05, 4.69) is 21.7 Å². The summed E-state index contributed by atoms with van der Waals surface area (Å²) in [6.07, 6.45) is 1.83. The Morgan fingerprint density at radius 3 is 2.70 bits per heavy atom. The van der Waals surface area contributed by atoms with Crippen LogP contribution in [0.15, 0.2) is 17.6 Å². The Kier molecular flexibility index (Phi) is 4.45. The second kappa shape index (κ2) is 5.93. The highest BCUT2D eigenvalue weighted by Crippen LogP contribution is 2.24. The molecule has 6 heteroatoms. The lowest BCUT2D eigenvalue weighted by Gasteiger charge is -2.24. The molecule has 2 amide bonds. The molecule has 0 aliphatic rings. The SMILES string of the molecule is Cc1cnc(C(C)(C)NC(=O)NCc2sccc2C)s1. The van der Waals surface area contributed by atoms with Crippen LogP contribution in [0.5, 0.6) is 0 Å². The van der Waals surface area contributed by atoms with Gasteiger partial charge in [0.2, 0.25) is 0 Å². The molecule has 0 saturated heterocycles. The number of nitrogens with one attached hydrogen (secondary N) is 2. The van der Waals surface area contributed by atoms with Gasteiger partial charge in [0, 0.05) is 16.0 Å². The molecule has 0 aliphatic carbocycles. The van der Waals surface area contributed by atoms with Crippen molar-refractivity contribution in [2.75, 3.05) is 0 Å². The molecule has 0 unspecified atom stereocenters. The van der Waals surface area contributed by atoms with E-state index in [0.717, 1.165) is 9.88 Å². The third kappa shape index (κ3) is 3.58. The minimum atomic E-state index is -0.465. The van der Waals surface area contributed by atoms with Gasteiger partial charge in [0.15, 0.2) is 0 Å². The predicted octanol–water partition coefficient (Wildman–Crippen LogP) is 3.56. The molecular weight excluding hydrogens is 290 g/mol. The van der Waals surface area contributed by atoms with Crippen LogP contribution in [0.4, 0.5) is 4.79 Å². The largest absolute Gasteiger partial charge is 0.333 e. The van der Waals surface area contributed by atoms with E-state index in [4.69, 9.17) is 0 Å². The zero-order chi connectivity index (χ0) is 14.8. The molecular formula is C14H19N3OS2. The van der Waals surface area contributed by atoms with Gasteiger partial charge >= 0.3 is 6.03 Å². The maximum absolute atomic E-state index is 12.0. The summed E-state index contributed by atoms with van der Waals surface area (Å²) in [4.78, 5) is 18.7. The van der Waals surface area contributed by atoms with Crippen molar-refractivity contribution >= 4 is 28.7 Å². The topological polar surface area (TPSA) is 54.0 Å². The zero-order valence-electron chi connectivity index (χ0n) is 12.1. The number of hydrogen-bond acceptors (Lipinski definition) is 4. The number of aryl methyl sites for hydroxylation is 2. The highest BCUT2D eigenvalue weighted by Gasteiger charge is 2.26. The first-order valence-electron chi connectivity index (χ1n) is 6.40. The van der Waals surface area contributed by atoms with E-state index in [1.807, 2.05) is 39.3 Å². The summed E-state index contributed by atoms with van der Waals surface area (Å²) in [6.45, 7) is 8.54. The average molecular weight is 309 g/mol. The third-order valence-electron chi connectivity index (χ3n) is 2.96. The van der Waals surface area contributed by atoms with Crippen LogP contribution in [0.25, 0.3) is 0 Å². The van der Waals surface area contributed by atoms with E-state index in [1.165, 1.54) is 10.4 Å². The standard InChI is InChI=1S/C14H19N3OS2/c1-9-5-6-19-11(9)8-16-13(18)17-14(3,4)12-15-7-10(2)20-12/h5-7H,8H2,1-4H3,(H2,16,17,18). The van der Waals surface area contributed by atoms with Crippen molar-refractivity contribution in [3.63, 3.8) is 0 Å². The van der Waals surface area contributed by atoms with Crippen molar-refractivity contribution in [3.05, 3.63) is 38.0 Å². The Labute approximate surface area is 127 Å². The van der Waals surface area contributed by atoms with Crippen molar-refractivity contribution in [1.29, 1.82) is 0 Å². The van der Waals surface area contributed by atoms with E-state index >= 15 is 0 Å². The smallest absolute Gasteiger partial charge is 0.315 e. The highest BCUT2D eigenvalue weighted by atomic mass is 32.1. The van der Waals surface area contributed by atoms with Gasteiger partial charge in [0.05, 0.1) is 12.1 Å². The van der Waals surface area contributed by atoms with Gasteiger partial charge in [0.1, 0.15) is 5.01 Å². The second-order valence-electron chi connectivity index (χ2n) is 5.24. The first-order valence-corrected chi connectivity index (χ1v) is 8.10. The average Bonchev–Trinajstić information content (AvgIpc) is 2.95. The fourth-order valence-corrected chi connectivity index (χ4v) is 3.44. The molecule has 2 aromatic heterocycles. The van der Waals surface area contributed by atoms with Crippen LogP contribution < -0.4 is 10.6 Å². The van der Waals surface area contributed by atoms with Crippen molar-refractivity contribution in [3.8, 4) is 0 Å². The van der Waals surface area contributed by atoms with Gasteiger partial charge in [-0.15, -0.1) is 22.7 Å². The number of carbonyl (C=O) groups is 1. The number of nitrogens with zero attached hydrogens (tertiary/aromatic N) is 1. The molecule has 0 saturated carbocycles. The summed E-state index contributed by atoms with van der Waals surface area (Å²) in [5.41, 5.74) is 0.748. The van der Waals surface area contributed by atoms with E-state index in [-0.39, 0.29) is 6.03 Å². The predicted molar refractivity (Wildman–Crippen MR) is 84.3 cm³/mol. The van der Waals surface area contributed by atoms with Crippen LogP contribution in [-0.2, 0) is 12.1 Å². The Morgan fingerprint density at radius 2 is 2.15 bits per heavy atom. The summed E-state index contributed by atoms with van der Waals surface area (Å²) < 4.78 is 0. The van der Waals surface area contributed by atoms with Gasteiger partial charge in [-0.25, -0.2) is 9.78 Å². The monoisotopic (exact) mass is 309 g/mol. The second-order valence-corrected chi connectivity index (χ2v) is 7.47. The van der Waals surface area contributed by atoms with Crippen molar-refractivity contribution in [1.82, 2.24) is 15.6 Å². The molecule has 4 nitrogen and oxygen atoms in total. The number of urea groups is 1. The highest BCUT2D eigenvalue weighted by molar-refractivity contribution is 7.11.